The maximum Gasteiger partial charge on any atom is 0.229 e. The number of anilines is 1. The Morgan fingerprint density at radius 2 is 2.00 bits per heavy atom. The standard InChI is InChI=1S/C20H22N2O3/c1-14-4-3-5-15(10-14)11-19(23)21-16-12-20(24)22(13-16)17-6-8-18(25-2)9-7-17/h3-10,16H,11-13H2,1-2H3,(H,21,23). The number of nitrogens with zero attached hydrogens (tertiary/aromatic N) is 1. The van der Waals surface area contributed by atoms with E-state index in [9.17, 15) is 9.59 Å². The highest BCUT2D eigenvalue weighted by molar-refractivity contribution is 5.97. The van der Waals surface area contributed by atoms with E-state index in [1.807, 2.05) is 55.5 Å². The number of carbonyl (C=O) groups is 2. The van der Waals surface area contributed by atoms with Crippen LogP contribution in [-0.2, 0) is 16.0 Å². The van der Waals surface area contributed by atoms with E-state index in [2.05, 4.69) is 5.32 Å². The second kappa shape index (κ2) is 7.38. The van der Waals surface area contributed by atoms with Crippen molar-refractivity contribution in [3.63, 3.8) is 0 Å². The maximum atomic E-state index is 12.3. The lowest BCUT2D eigenvalue weighted by molar-refractivity contribution is -0.121. The van der Waals surface area contributed by atoms with Crippen molar-refractivity contribution in [2.45, 2.75) is 25.8 Å². The van der Waals surface area contributed by atoms with E-state index < -0.39 is 0 Å². The molecule has 0 saturated carbocycles. The summed E-state index contributed by atoms with van der Waals surface area (Å²) in [5.74, 6) is 0.712. The molecule has 2 aromatic carbocycles. The van der Waals surface area contributed by atoms with Gasteiger partial charge in [-0.2, -0.15) is 0 Å². The predicted molar refractivity (Wildman–Crippen MR) is 96.8 cm³/mol. The predicted octanol–water partition coefficient (Wildman–Crippen LogP) is 2.47. The van der Waals surface area contributed by atoms with Gasteiger partial charge in [-0.15, -0.1) is 0 Å². The molecule has 1 atom stereocenters. The van der Waals surface area contributed by atoms with Crippen LogP contribution in [-0.4, -0.2) is 31.5 Å². The number of benzene rings is 2. The van der Waals surface area contributed by atoms with E-state index in [1.165, 1.54) is 0 Å². The molecule has 1 aliphatic heterocycles. The van der Waals surface area contributed by atoms with Crippen LogP contribution in [0.5, 0.6) is 5.75 Å². The fourth-order valence-electron chi connectivity index (χ4n) is 3.10. The number of hydrogen-bond acceptors (Lipinski definition) is 3. The largest absolute Gasteiger partial charge is 0.497 e. The summed E-state index contributed by atoms with van der Waals surface area (Å²) in [5.41, 5.74) is 2.93. The van der Waals surface area contributed by atoms with E-state index in [-0.39, 0.29) is 17.9 Å². The molecule has 1 heterocycles. The van der Waals surface area contributed by atoms with Crippen molar-refractivity contribution >= 4 is 17.5 Å². The van der Waals surface area contributed by atoms with Crippen LogP contribution in [0.15, 0.2) is 48.5 Å². The number of ether oxygens (including phenoxy) is 1. The first-order chi connectivity index (χ1) is 12.0. The first kappa shape index (κ1) is 17.0. The van der Waals surface area contributed by atoms with Gasteiger partial charge in [-0.25, -0.2) is 0 Å². The number of aryl methyl sites for hydroxylation is 1. The summed E-state index contributed by atoms with van der Waals surface area (Å²) in [6.07, 6.45) is 0.653. The van der Waals surface area contributed by atoms with E-state index in [4.69, 9.17) is 4.74 Å². The van der Waals surface area contributed by atoms with E-state index >= 15 is 0 Å². The first-order valence-electron chi connectivity index (χ1n) is 8.34. The molecule has 3 rings (SSSR count). The van der Waals surface area contributed by atoms with Crippen molar-refractivity contribution in [2.24, 2.45) is 0 Å². The molecule has 1 N–H and O–H groups in total. The zero-order chi connectivity index (χ0) is 17.8. The molecule has 25 heavy (non-hydrogen) atoms. The van der Waals surface area contributed by atoms with Gasteiger partial charge in [-0.05, 0) is 36.8 Å². The molecule has 2 amide bonds. The van der Waals surface area contributed by atoms with Gasteiger partial charge in [0.05, 0.1) is 19.6 Å². The van der Waals surface area contributed by atoms with Crippen molar-refractivity contribution in [2.75, 3.05) is 18.6 Å². The minimum Gasteiger partial charge on any atom is -0.497 e. The lowest BCUT2D eigenvalue weighted by Crippen LogP contribution is -2.38. The lowest BCUT2D eigenvalue weighted by atomic mass is 10.1. The number of nitrogens with one attached hydrogen (secondary N) is 1. The molecule has 1 aliphatic rings. The van der Waals surface area contributed by atoms with Crippen molar-refractivity contribution < 1.29 is 14.3 Å². The number of carbonyl (C=O) groups excluding carboxylic acids is 2. The van der Waals surface area contributed by atoms with Crippen LogP contribution < -0.4 is 15.0 Å². The van der Waals surface area contributed by atoms with Crippen LogP contribution >= 0.6 is 0 Å². The van der Waals surface area contributed by atoms with Crippen molar-refractivity contribution in [3.05, 3.63) is 59.7 Å². The minimum atomic E-state index is -0.160. The molecule has 1 fully saturated rings. The van der Waals surface area contributed by atoms with E-state index in [1.54, 1.807) is 12.0 Å². The molecule has 1 unspecified atom stereocenters. The summed E-state index contributed by atoms with van der Waals surface area (Å²) in [5, 5.41) is 2.97. The monoisotopic (exact) mass is 338 g/mol. The molecule has 5 heteroatoms. The van der Waals surface area contributed by atoms with E-state index in [0.717, 1.165) is 22.6 Å². The van der Waals surface area contributed by atoms with Crippen LogP contribution in [0.2, 0.25) is 0 Å². The fraction of sp³-hybridized carbons (Fsp3) is 0.300. The fourth-order valence-corrected chi connectivity index (χ4v) is 3.10. The molecule has 130 valence electrons. The smallest absolute Gasteiger partial charge is 0.229 e. The quantitative estimate of drug-likeness (QED) is 0.911. The average Bonchev–Trinajstić information content (AvgIpc) is 2.95. The van der Waals surface area contributed by atoms with Crippen molar-refractivity contribution in [1.29, 1.82) is 0 Å². The molecule has 0 aromatic heterocycles. The number of amides is 2. The van der Waals surface area contributed by atoms with Gasteiger partial charge in [0.15, 0.2) is 0 Å². The third-order valence-electron chi connectivity index (χ3n) is 4.32. The number of methoxy groups -OCH3 is 1. The summed E-state index contributed by atoms with van der Waals surface area (Å²) < 4.78 is 5.14. The molecule has 5 nitrogen and oxygen atoms in total. The Kier molecular flexibility index (Phi) is 5.03. The van der Waals surface area contributed by atoms with Gasteiger partial charge in [-0.3, -0.25) is 9.59 Å². The molecule has 0 radical (unpaired) electrons. The van der Waals surface area contributed by atoms with Crippen LogP contribution in [0.25, 0.3) is 0 Å². The minimum absolute atomic E-state index is 0.0195. The second-order valence-electron chi connectivity index (χ2n) is 6.34. The third-order valence-corrected chi connectivity index (χ3v) is 4.32. The van der Waals surface area contributed by atoms with Gasteiger partial charge in [0.1, 0.15) is 5.75 Å². The summed E-state index contributed by atoms with van der Waals surface area (Å²) in [6.45, 7) is 2.49. The zero-order valence-electron chi connectivity index (χ0n) is 14.5. The van der Waals surface area contributed by atoms with Crippen molar-refractivity contribution in [1.82, 2.24) is 5.32 Å². The second-order valence-corrected chi connectivity index (χ2v) is 6.34. The molecule has 0 spiro atoms. The Morgan fingerprint density at radius 3 is 2.68 bits per heavy atom. The highest BCUT2D eigenvalue weighted by Crippen LogP contribution is 2.24. The van der Waals surface area contributed by atoms with Gasteiger partial charge >= 0.3 is 0 Å². The Hall–Kier alpha value is -2.82. The third kappa shape index (κ3) is 4.18. The topological polar surface area (TPSA) is 58.6 Å². The Labute approximate surface area is 147 Å². The van der Waals surface area contributed by atoms with Gasteiger partial charge in [0.2, 0.25) is 11.8 Å². The molecular weight excluding hydrogens is 316 g/mol. The molecule has 1 saturated heterocycles. The zero-order valence-corrected chi connectivity index (χ0v) is 14.5. The molecule has 0 aliphatic carbocycles. The number of rotatable bonds is 5. The van der Waals surface area contributed by atoms with Crippen LogP contribution in [0.4, 0.5) is 5.69 Å². The van der Waals surface area contributed by atoms with E-state index in [0.29, 0.717) is 19.4 Å². The molecule has 0 bridgehead atoms. The average molecular weight is 338 g/mol. The van der Waals surface area contributed by atoms with Gasteiger partial charge in [-0.1, -0.05) is 29.8 Å². The Balaban J connectivity index is 1.59. The number of hydrogen-bond donors (Lipinski definition) is 1. The van der Waals surface area contributed by atoms with Crippen LogP contribution in [0, 0.1) is 6.92 Å². The van der Waals surface area contributed by atoms with Crippen LogP contribution in [0.1, 0.15) is 17.5 Å². The van der Waals surface area contributed by atoms with Gasteiger partial charge in [0, 0.05) is 18.7 Å². The van der Waals surface area contributed by atoms with Crippen LogP contribution in [0.3, 0.4) is 0 Å². The maximum absolute atomic E-state index is 12.3. The SMILES string of the molecule is COc1ccc(N2CC(NC(=O)Cc3cccc(C)c3)CC2=O)cc1. The Morgan fingerprint density at radius 1 is 1.24 bits per heavy atom. The van der Waals surface area contributed by atoms with Gasteiger partial charge < -0.3 is 15.0 Å². The van der Waals surface area contributed by atoms with Gasteiger partial charge in [0.25, 0.3) is 0 Å². The van der Waals surface area contributed by atoms with Crippen molar-refractivity contribution in [3.8, 4) is 5.75 Å². The Bertz CT molecular complexity index is 771. The summed E-state index contributed by atoms with van der Waals surface area (Å²) in [4.78, 5) is 26.2. The molecule has 2 aromatic rings. The highest BCUT2D eigenvalue weighted by Gasteiger charge is 2.31. The summed E-state index contributed by atoms with van der Waals surface area (Å²) >= 11 is 0. The lowest BCUT2D eigenvalue weighted by Gasteiger charge is -2.17. The molecular formula is C20H22N2O3. The summed E-state index contributed by atoms with van der Waals surface area (Å²) in [6, 6.07) is 15.1. The normalized spacial score (nSPS) is 16.8. The highest BCUT2D eigenvalue weighted by atomic mass is 16.5. The summed E-state index contributed by atoms with van der Waals surface area (Å²) in [7, 11) is 1.61. The first-order valence-corrected chi connectivity index (χ1v) is 8.34.